The van der Waals surface area contributed by atoms with Crippen molar-refractivity contribution in [2.24, 2.45) is 0 Å². The first-order chi connectivity index (χ1) is 8.83. The molecule has 2 aromatic heterocycles. The molecule has 1 aliphatic rings. The van der Waals surface area contributed by atoms with Gasteiger partial charge in [-0.05, 0) is 38.4 Å². The second kappa shape index (κ2) is 4.86. The van der Waals surface area contributed by atoms with Crippen LogP contribution in [-0.2, 0) is 0 Å². The Bertz CT molecular complexity index is 511. The van der Waals surface area contributed by atoms with E-state index in [9.17, 15) is 0 Å². The van der Waals surface area contributed by atoms with Gasteiger partial charge in [-0.3, -0.25) is 4.98 Å². The summed E-state index contributed by atoms with van der Waals surface area (Å²) in [5.74, 6) is 1.69. The van der Waals surface area contributed by atoms with E-state index in [0.29, 0.717) is 17.8 Å². The third-order valence-electron chi connectivity index (χ3n) is 3.31. The summed E-state index contributed by atoms with van der Waals surface area (Å²) in [7, 11) is 0. The van der Waals surface area contributed by atoms with E-state index in [0.717, 1.165) is 31.0 Å². The first-order valence-electron chi connectivity index (χ1n) is 6.31. The fourth-order valence-electron chi connectivity index (χ4n) is 2.36. The molecule has 3 rings (SSSR count). The van der Waals surface area contributed by atoms with Crippen LogP contribution in [0.1, 0.15) is 31.6 Å². The molecular formula is C13H16N4O. The van der Waals surface area contributed by atoms with E-state index < -0.39 is 0 Å². The Balaban J connectivity index is 1.81. The fourth-order valence-corrected chi connectivity index (χ4v) is 2.36. The molecule has 2 aromatic rings. The van der Waals surface area contributed by atoms with Crippen LogP contribution in [0.15, 0.2) is 28.9 Å². The molecule has 1 aliphatic heterocycles. The molecule has 1 fully saturated rings. The maximum atomic E-state index is 5.38. The zero-order chi connectivity index (χ0) is 12.4. The molecule has 2 unspecified atom stereocenters. The molecule has 0 saturated carbocycles. The molecule has 1 saturated heterocycles. The van der Waals surface area contributed by atoms with Gasteiger partial charge in [0.25, 0.3) is 0 Å². The lowest BCUT2D eigenvalue weighted by atomic mass is 9.93. The Morgan fingerprint density at radius 2 is 2.33 bits per heavy atom. The molecule has 0 amide bonds. The van der Waals surface area contributed by atoms with Gasteiger partial charge in [0.2, 0.25) is 11.7 Å². The van der Waals surface area contributed by atoms with Crippen molar-refractivity contribution in [1.82, 2.24) is 20.4 Å². The number of hydrogen-bond donors (Lipinski definition) is 1. The number of pyridine rings is 1. The summed E-state index contributed by atoms with van der Waals surface area (Å²) < 4.78 is 5.38. The van der Waals surface area contributed by atoms with Gasteiger partial charge in [-0.2, -0.15) is 4.98 Å². The van der Waals surface area contributed by atoms with E-state index in [1.54, 1.807) is 6.20 Å². The smallest absolute Gasteiger partial charge is 0.230 e. The van der Waals surface area contributed by atoms with Gasteiger partial charge in [0.05, 0.1) is 0 Å². The largest absolute Gasteiger partial charge is 0.339 e. The average Bonchev–Trinajstić information content (AvgIpc) is 2.89. The highest BCUT2D eigenvalue weighted by Gasteiger charge is 2.25. The van der Waals surface area contributed by atoms with Crippen molar-refractivity contribution >= 4 is 0 Å². The Kier molecular flexibility index (Phi) is 3.06. The maximum absolute atomic E-state index is 5.38. The monoisotopic (exact) mass is 244 g/mol. The molecule has 1 N–H and O–H groups in total. The highest BCUT2D eigenvalue weighted by Crippen LogP contribution is 2.27. The maximum Gasteiger partial charge on any atom is 0.230 e. The van der Waals surface area contributed by atoms with Crippen molar-refractivity contribution in [3.63, 3.8) is 0 Å². The fraction of sp³-hybridized carbons (Fsp3) is 0.462. The summed E-state index contributed by atoms with van der Waals surface area (Å²) in [5.41, 5.74) is 0.759. The third-order valence-corrected chi connectivity index (χ3v) is 3.31. The van der Waals surface area contributed by atoms with Gasteiger partial charge in [0, 0.05) is 18.2 Å². The average molecular weight is 244 g/mol. The Hall–Kier alpha value is -1.75. The molecule has 0 radical (unpaired) electrons. The molecule has 94 valence electrons. The van der Waals surface area contributed by atoms with E-state index in [1.807, 2.05) is 18.2 Å². The van der Waals surface area contributed by atoms with E-state index in [2.05, 4.69) is 27.4 Å². The second-order valence-electron chi connectivity index (χ2n) is 4.75. The molecule has 18 heavy (non-hydrogen) atoms. The van der Waals surface area contributed by atoms with Gasteiger partial charge >= 0.3 is 0 Å². The molecule has 0 spiro atoms. The number of hydrogen-bond acceptors (Lipinski definition) is 5. The van der Waals surface area contributed by atoms with Crippen LogP contribution in [-0.4, -0.2) is 27.7 Å². The summed E-state index contributed by atoms with van der Waals surface area (Å²) in [6.45, 7) is 3.19. The van der Waals surface area contributed by atoms with Crippen LogP contribution in [0.25, 0.3) is 11.5 Å². The highest BCUT2D eigenvalue weighted by molar-refractivity contribution is 5.47. The molecule has 0 aliphatic carbocycles. The number of aromatic nitrogens is 3. The Labute approximate surface area is 106 Å². The summed E-state index contributed by atoms with van der Waals surface area (Å²) in [4.78, 5) is 8.70. The van der Waals surface area contributed by atoms with E-state index >= 15 is 0 Å². The van der Waals surface area contributed by atoms with Crippen molar-refractivity contribution in [2.45, 2.75) is 31.7 Å². The normalized spacial score (nSPS) is 24.1. The first-order valence-corrected chi connectivity index (χ1v) is 6.31. The second-order valence-corrected chi connectivity index (χ2v) is 4.75. The minimum Gasteiger partial charge on any atom is -0.339 e. The standard InChI is InChI=1S/C13H16N4O/c1-9-8-10(5-7-14-9)13-16-12(17-18-13)11-4-2-3-6-15-11/h2-4,6,9-10,14H,5,7-8H2,1H3. The predicted octanol–water partition coefficient (Wildman–Crippen LogP) is 1.99. The zero-order valence-electron chi connectivity index (χ0n) is 10.3. The van der Waals surface area contributed by atoms with Crippen molar-refractivity contribution < 1.29 is 4.52 Å². The summed E-state index contributed by atoms with van der Waals surface area (Å²) in [5, 5.41) is 7.44. The Morgan fingerprint density at radius 3 is 3.11 bits per heavy atom. The van der Waals surface area contributed by atoms with Crippen LogP contribution in [0, 0.1) is 0 Å². The van der Waals surface area contributed by atoms with E-state index in [-0.39, 0.29) is 0 Å². The number of nitrogens with zero attached hydrogens (tertiary/aromatic N) is 3. The molecule has 3 heterocycles. The van der Waals surface area contributed by atoms with Gasteiger partial charge in [-0.1, -0.05) is 11.2 Å². The van der Waals surface area contributed by atoms with Gasteiger partial charge in [-0.15, -0.1) is 0 Å². The van der Waals surface area contributed by atoms with Crippen LogP contribution < -0.4 is 5.32 Å². The van der Waals surface area contributed by atoms with Crippen molar-refractivity contribution in [1.29, 1.82) is 0 Å². The van der Waals surface area contributed by atoms with Crippen molar-refractivity contribution in [3.05, 3.63) is 30.3 Å². The van der Waals surface area contributed by atoms with Gasteiger partial charge in [0.1, 0.15) is 5.69 Å². The SMILES string of the molecule is CC1CC(c2nc(-c3ccccn3)no2)CCN1. The quantitative estimate of drug-likeness (QED) is 0.875. The molecular weight excluding hydrogens is 228 g/mol. The number of nitrogens with one attached hydrogen (secondary N) is 1. The highest BCUT2D eigenvalue weighted by atomic mass is 16.5. The van der Waals surface area contributed by atoms with Gasteiger partial charge < -0.3 is 9.84 Å². The predicted molar refractivity (Wildman–Crippen MR) is 67.0 cm³/mol. The topological polar surface area (TPSA) is 63.8 Å². The lowest BCUT2D eigenvalue weighted by Crippen LogP contribution is -2.34. The first kappa shape index (κ1) is 11.3. The van der Waals surface area contributed by atoms with Crippen LogP contribution in [0.2, 0.25) is 0 Å². The van der Waals surface area contributed by atoms with Gasteiger partial charge in [-0.25, -0.2) is 0 Å². The van der Waals surface area contributed by atoms with Crippen molar-refractivity contribution in [3.8, 4) is 11.5 Å². The van der Waals surface area contributed by atoms with Crippen molar-refractivity contribution in [2.75, 3.05) is 6.54 Å². The molecule has 5 heteroatoms. The minimum absolute atomic E-state index is 0.367. The summed E-state index contributed by atoms with van der Waals surface area (Å²) in [6, 6.07) is 6.19. The molecule has 2 atom stereocenters. The van der Waals surface area contributed by atoms with Crippen LogP contribution >= 0.6 is 0 Å². The summed E-state index contributed by atoms with van der Waals surface area (Å²) in [6.07, 6.45) is 3.83. The number of piperidine rings is 1. The lowest BCUT2D eigenvalue weighted by Gasteiger charge is -2.25. The van der Waals surface area contributed by atoms with Crippen LogP contribution in [0.3, 0.4) is 0 Å². The number of rotatable bonds is 2. The summed E-state index contributed by atoms with van der Waals surface area (Å²) >= 11 is 0. The van der Waals surface area contributed by atoms with E-state index in [1.165, 1.54) is 0 Å². The van der Waals surface area contributed by atoms with Crippen LogP contribution in [0.4, 0.5) is 0 Å². The third kappa shape index (κ3) is 2.26. The van der Waals surface area contributed by atoms with E-state index in [4.69, 9.17) is 4.52 Å². The van der Waals surface area contributed by atoms with Gasteiger partial charge in [0.15, 0.2) is 0 Å². The molecule has 0 aromatic carbocycles. The Morgan fingerprint density at radius 1 is 1.39 bits per heavy atom. The minimum atomic E-state index is 0.367. The molecule has 5 nitrogen and oxygen atoms in total. The van der Waals surface area contributed by atoms with Crippen LogP contribution in [0.5, 0.6) is 0 Å². The lowest BCUT2D eigenvalue weighted by molar-refractivity contribution is 0.295. The molecule has 0 bridgehead atoms. The zero-order valence-corrected chi connectivity index (χ0v) is 10.3.